The van der Waals surface area contributed by atoms with Crippen LogP contribution in [0.5, 0.6) is 0 Å². The van der Waals surface area contributed by atoms with Gasteiger partial charge in [-0.2, -0.15) is 0 Å². The Kier molecular flexibility index (Phi) is 9.15. The molecule has 0 N–H and O–H groups in total. The van der Waals surface area contributed by atoms with Crippen LogP contribution in [-0.4, -0.2) is 59.0 Å². The topological polar surface area (TPSA) is 54.8 Å². The fourth-order valence-corrected chi connectivity index (χ4v) is 6.01. The van der Waals surface area contributed by atoms with Gasteiger partial charge in [0.2, 0.25) is 11.8 Å². The molecule has 2 aliphatic carbocycles. The summed E-state index contributed by atoms with van der Waals surface area (Å²) in [5, 5.41) is 0. The van der Waals surface area contributed by atoms with Crippen LogP contribution in [-0.2, 0) is 27.4 Å². The van der Waals surface area contributed by atoms with Crippen molar-refractivity contribution in [1.82, 2.24) is 14.4 Å². The minimum Gasteiger partial charge on any atom is -0.383 e. The average molecular weight is 528 g/mol. The maximum atomic E-state index is 14.0. The molecule has 2 fully saturated rings. The first-order chi connectivity index (χ1) is 19.1. The predicted molar refractivity (Wildman–Crippen MR) is 153 cm³/mol. The van der Waals surface area contributed by atoms with Crippen LogP contribution in [0.4, 0.5) is 0 Å². The zero-order valence-corrected chi connectivity index (χ0v) is 23.1. The van der Waals surface area contributed by atoms with Crippen LogP contribution in [0, 0.1) is 5.92 Å². The molecule has 0 spiro atoms. The van der Waals surface area contributed by atoms with Crippen molar-refractivity contribution in [3.8, 4) is 0 Å². The highest BCUT2D eigenvalue weighted by Gasteiger charge is 2.46. The molecule has 3 aromatic rings. The molecular formula is C33H41N3O3. The predicted octanol–water partition coefficient (Wildman–Crippen LogP) is 5.48. The molecule has 5 rings (SSSR count). The highest BCUT2D eigenvalue weighted by atomic mass is 16.5. The third-order valence-corrected chi connectivity index (χ3v) is 8.33. The van der Waals surface area contributed by atoms with Crippen LogP contribution >= 0.6 is 0 Å². The fraction of sp³-hybridized carbons (Fsp3) is 0.455. The number of hydrogen-bond donors (Lipinski definition) is 0. The van der Waals surface area contributed by atoms with Crippen molar-refractivity contribution in [2.45, 2.75) is 63.6 Å². The van der Waals surface area contributed by atoms with E-state index in [0.717, 1.165) is 44.3 Å². The smallest absolute Gasteiger partial charge is 0.242 e. The Balaban J connectivity index is 1.31. The molecule has 0 radical (unpaired) electrons. The van der Waals surface area contributed by atoms with E-state index < -0.39 is 0 Å². The van der Waals surface area contributed by atoms with Crippen LogP contribution in [0.25, 0.3) is 0 Å². The lowest BCUT2D eigenvalue weighted by atomic mass is 9.94. The van der Waals surface area contributed by atoms with Crippen molar-refractivity contribution in [3.63, 3.8) is 0 Å². The summed E-state index contributed by atoms with van der Waals surface area (Å²) in [6.45, 7) is 2.30. The maximum Gasteiger partial charge on any atom is 0.242 e. The number of carbonyl (C=O) groups excluding carboxylic acids is 2. The molecule has 39 heavy (non-hydrogen) atoms. The van der Waals surface area contributed by atoms with Gasteiger partial charge in [0.1, 0.15) is 0 Å². The van der Waals surface area contributed by atoms with Crippen molar-refractivity contribution in [1.29, 1.82) is 0 Å². The summed E-state index contributed by atoms with van der Waals surface area (Å²) in [4.78, 5) is 31.4. The number of methoxy groups -OCH3 is 1. The third-order valence-electron chi connectivity index (χ3n) is 8.33. The van der Waals surface area contributed by atoms with Gasteiger partial charge in [-0.15, -0.1) is 0 Å². The standard InChI is InChI=1S/C33H41N3O3/c1-39-21-20-35(33(38)31-22-30(31)27-14-7-3-8-15-27)25-32(37)36(28-16-9-4-10-17-28)24-29-18-11-19-34(29)23-26-12-5-2-6-13-26/h2-3,5-8,11-15,18-19,28,30-31H,4,9-10,16-17,20-25H2,1H3. The maximum absolute atomic E-state index is 14.0. The number of benzene rings is 2. The zero-order chi connectivity index (χ0) is 27.0. The molecule has 0 bridgehead atoms. The summed E-state index contributed by atoms with van der Waals surface area (Å²) in [6.07, 6.45) is 8.51. The Bertz CT molecular complexity index is 1200. The highest BCUT2D eigenvalue weighted by Crippen LogP contribution is 2.48. The number of carbonyl (C=O) groups is 2. The Morgan fingerprint density at radius 2 is 1.64 bits per heavy atom. The summed E-state index contributed by atoms with van der Waals surface area (Å²) in [6, 6.07) is 25.1. The van der Waals surface area contributed by atoms with Gasteiger partial charge in [0.25, 0.3) is 0 Å². The Hall–Kier alpha value is -3.38. The number of aromatic nitrogens is 1. The van der Waals surface area contributed by atoms with Gasteiger partial charge in [0, 0.05) is 44.0 Å². The molecular weight excluding hydrogens is 486 g/mol. The number of rotatable bonds is 12. The Labute approximate surface area is 232 Å². The van der Waals surface area contributed by atoms with Gasteiger partial charge in [0.15, 0.2) is 0 Å². The van der Waals surface area contributed by atoms with E-state index in [0.29, 0.717) is 19.7 Å². The lowest BCUT2D eigenvalue weighted by Gasteiger charge is -2.36. The van der Waals surface area contributed by atoms with E-state index in [1.54, 1.807) is 12.0 Å². The minimum absolute atomic E-state index is 0.0377. The van der Waals surface area contributed by atoms with Crippen LogP contribution in [0.1, 0.15) is 61.3 Å². The van der Waals surface area contributed by atoms with E-state index >= 15 is 0 Å². The van der Waals surface area contributed by atoms with Crippen molar-refractivity contribution in [3.05, 3.63) is 95.8 Å². The van der Waals surface area contributed by atoms with Gasteiger partial charge in [0.05, 0.1) is 19.7 Å². The molecule has 206 valence electrons. The van der Waals surface area contributed by atoms with Crippen molar-refractivity contribution in [2.24, 2.45) is 5.92 Å². The van der Waals surface area contributed by atoms with Crippen LogP contribution in [0.2, 0.25) is 0 Å². The summed E-state index contributed by atoms with van der Waals surface area (Å²) < 4.78 is 7.56. The summed E-state index contributed by atoms with van der Waals surface area (Å²) >= 11 is 0. The lowest BCUT2D eigenvalue weighted by molar-refractivity contribution is -0.144. The number of hydrogen-bond acceptors (Lipinski definition) is 3. The molecule has 2 amide bonds. The van der Waals surface area contributed by atoms with Gasteiger partial charge in [-0.3, -0.25) is 9.59 Å². The van der Waals surface area contributed by atoms with E-state index in [4.69, 9.17) is 4.74 Å². The Morgan fingerprint density at radius 1 is 0.923 bits per heavy atom. The Morgan fingerprint density at radius 3 is 2.36 bits per heavy atom. The van der Waals surface area contributed by atoms with E-state index in [2.05, 4.69) is 64.2 Å². The molecule has 2 saturated carbocycles. The lowest BCUT2D eigenvalue weighted by Crippen LogP contribution is -2.48. The first-order valence-corrected chi connectivity index (χ1v) is 14.4. The first kappa shape index (κ1) is 27.2. The van der Waals surface area contributed by atoms with Gasteiger partial charge >= 0.3 is 0 Å². The second-order valence-electron chi connectivity index (χ2n) is 11.0. The van der Waals surface area contributed by atoms with Crippen molar-refractivity contribution in [2.75, 3.05) is 26.8 Å². The fourth-order valence-electron chi connectivity index (χ4n) is 6.01. The summed E-state index contributed by atoms with van der Waals surface area (Å²) in [5.74, 6) is 0.305. The van der Waals surface area contributed by atoms with Gasteiger partial charge in [-0.05, 0) is 48.4 Å². The second-order valence-corrected chi connectivity index (χ2v) is 11.0. The quantitative estimate of drug-likeness (QED) is 0.314. The molecule has 2 unspecified atom stereocenters. The van der Waals surface area contributed by atoms with E-state index in [1.165, 1.54) is 17.5 Å². The number of nitrogens with zero attached hydrogens (tertiary/aromatic N) is 3. The minimum atomic E-state index is -0.0525. The molecule has 1 heterocycles. The van der Waals surface area contributed by atoms with Gasteiger partial charge in [-0.1, -0.05) is 79.9 Å². The first-order valence-electron chi connectivity index (χ1n) is 14.4. The van der Waals surface area contributed by atoms with Crippen LogP contribution < -0.4 is 0 Å². The molecule has 6 nitrogen and oxygen atoms in total. The largest absolute Gasteiger partial charge is 0.383 e. The SMILES string of the molecule is COCCN(CC(=O)N(Cc1cccn1Cc1ccccc1)C1CCCCC1)C(=O)C1CC1c1ccccc1. The van der Waals surface area contributed by atoms with E-state index in [1.807, 2.05) is 24.3 Å². The molecule has 0 saturated heterocycles. The monoisotopic (exact) mass is 527 g/mol. The molecule has 6 heteroatoms. The summed E-state index contributed by atoms with van der Waals surface area (Å²) in [7, 11) is 1.64. The third kappa shape index (κ3) is 6.99. The van der Waals surface area contributed by atoms with E-state index in [-0.39, 0.29) is 36.2 Å². The average Bonchev–Trinajstić information content (AvgIpc) is 3.67. The van der Waals surface area contributed by atoms with Gasteiger partial charge < -0.3 is 19.1 Å². The van der Waals surface area contributed by atoms with Crippen LogP contribution in [0.3, 0.4) is 0 Å². The van der Waals surface area contributed by atoms with Gasteiger partial charge in [-0.25, -0.2) is 0 Å². The van der Waals surface area contributed by atoms with Crippen molar-refractivity contribution < 1.29 is 14.3 Å². The summed E-state index contributed by atoms with van der Waals surface area (Å²) in [5.41, 5.74) is 3.56. The molecule has 0 aliphatic heterocycles. The van der Waals surface area contributed by atoms with Crippen LogP contribution in [0.15, 0.2) is 79.0 Å². The normalized spacial score (nSPS) is 19.0. The highest BCUT2D eigenvalue weighted by molar-refractivity contribution is 5.88. The molecule has 2 atom stereocenters. The van der Waals surface area contributed by atoms with E-state index in [9.17, 15) is 9.59 Å². The molecule has 1 aromatic heterocycles. The number of amides is 2. The zero-order valence-electron chi connectivity index (χ0n) is 23.1. The molecule has 2 aliphatic rings. The van der Waals surface area contributed by atoms with Crippen molar-refractivity contribution >= 4 is 11.8 Å². The second kappa shape index (κ2) is 13.1. The molecule has 2 aromatic carbocycles. The number of ether oxygens (including phenoxy) is 1.